The van der Waals surface area contributed by atoms with Crippen molar-refractivity contribution in [1.82, 2.24) is 0 Å². The molecule has 0 amide bonds. The zero-order valence-electron chi connectivity index (χ0n) is 34.1. The third kappa shape index (κ3) is 17.7. The van der Waals surface area contributed by atoms with Crippen LogP contribution >= 0.6 is 0 Å². The van der Waals surface area contributed by atoms with Crippen LogP contribution in [0.15, 0.2) is 117 Å². The standard InChI is InChI=1S/C36H45O9S.C7H8O3S/c1-34(2,3)43-31(37)22-40-25-10-16-28(17-11-25)46(29-18-12-26(13-19-29)41-23-32(38)44-35(4,5)6)30-20-14-27(15-21-30)42-24-33(39)45-36(7,8)9;1-6-2-4-7(5-3-6)11(8,9)10/h10-21H,22-24H2,1-9H3;2-5H,1H3,(H,8,9,10)/q+1;/p-1. The maximum atomic E-state index is 12.1. The minimum absolute atomic E-state index is 0.178. The summed E-state index contributed by atoms with van der Waals surface area (Å²) in [5.41, 5.74) is -0.848. The van der Waals surface area contributed by atoms with Crippen LogP contribution in [0.1, 0.15) is 67.9 Å². The number of hydrogen-bond acceptors (Lipinski definition) is 12. The van der Waals surface area contributed by atoms with Gasteiger partial charge in [0.05, 0.1) is 15.8 Å². The first-order valence-corrected chi connectivity index (χ1v) is 20.6. The van der Waals surface area contributed by atoms with Crippen molar-refractivity contribution >= 4 is 38.9 Å². The van der Waals surface area contributed by atoms with E-state index >= 15 is 0 Å². The molecular weight excluding hydrogens is 773 g/mol. The monoisotopic (exact) mass is 824 g/mol. The molecule has 0 fully saturated rings. The summed E-state index contributed by atoms with van der Waals surface area (Å²) >= 11 is 0. The smallest absolute Gasteiger partial charge is 0.344 e. The van der Waals surface area contributed by atoms with Gasteiger partial charge in [-0.05, 0) is 154 Å². The van der Waals surface area contributed by atoms with Gasteiger partial charge in [0.1, 0.15) is 44.2 Å². The zero-order chi connectivity index (χ0) is 42.6. The first-order valence-electron chi connectivity index (χ1n) is 18.0. The van der Waals surface area contributed by atoms with Crippen LogP contribution in [0, 0.1) is 6.92 Å². The average molecular weight is 825 g/mol. The first kappa shape index (κ1) is 46.3. The van der Waals surface area contributed by atoms with E-state index in [9.17, 15) is 27.4 Å². The fraction of sp³-hybridized carbons (Fsp3) is 0.372. The number of ether oxygens (including phenoxy) is 6. The molecule has 57 heavy (non-hydrogen) atoms. The third-order valence-corrected chi connectivity index (χ3v) is 9.90. The van der Waals surface area contributed by atoms with Crippen molar-refractivity contribution in [2.45, 2.75) is 106 Å². The number of hydrogen-bond donors (Lipinski definition) is 0. The number of aryl methyl sites for hydroxylation is 1. The second kappa shape index (κ2) is 19.9. The summed E-state index contributed by atoms with van der Waals surface area (Å²) in [4.78, 5) is 39.1. The van der Waals surface area contributed by atoms with Crippen molar-refractivity contribution in [3.8, 4) is 17.2 Å². The first-order chi connectivity index (χ1) is 26.4. The molecule has 0 N–H and O–H groups in total. The zero-order valence-corrected chi connectivity index (χ0v) is 35.7. The number of carbonyl (C=O) groups excluding carboxylic acids is 3. The summed E-state index contributed by atoms with van der Waals surface area (Å²) in [5, 5.41) is 0. The highest BCUT2D eigenvalue weighted by Gasteiger charge is 2.29. The molecule has 0 unspecified atom stereocenters. The average Bonchev–Trinajstić information content (AvgIpc) is 3.09. The van der Waals surface area contributed by atoms with Crippen LogP contribution in [-0.2, 0) is 49.6 Å². The van der Waals surface area contributed by atoms with E-state index in [4.69, 9.17) is 28.4 Å². The molecule has 4 rings (SSSR count). The van der Waals surface area contributed by atoms with E-state index in [1.165, 1.54) is 12.1 Å². The maximum Gasteiger partial charge on any atom is 0.344 e. The molecule has 0 bridgehead atoms. The molecule has 0 heterocycles. The van der Waals surface area contributed by atoms with Gasteiger partial charge in [-0.25, -0.2) is 22.8 Å². The number of esters is 3. The molecule has 0 saturated heterocycles. The summed E-state index contributed by atoms with van der Waals surface area (Å²) in [6.07, 6.45) is 0. The summed E-state index contributed by atoms with van der Waals surface area (Å²) < 4.78 is 64.1. The Kier molecular flexibility index (Phi) is 16.2. The van der Waals surface area contributed by atoms with Crippen LogP contribution in [0.3, 0.4) is 0 Å². The van der Waals surface area contributed by atoms with Crippen molar-refractivity contribution < 1.29 is 55.8 Å². The second-order valence-corrected chi connectivity index (χ2v) is 19.0. The second-order valence-electron chi connectivity index (χ2n) is 15.6. The summed E-state index contributed by atoms with van der Waals surface area (Å²) in [6, 6.07) is 28.4. The van der Waals surface area contributed by atoms with Crippen molar-refractivity contribution in [1.29, 1.82) is 0 Å². The van der Waals surface area contributed by atoms with Crippen LogP contribution in [-0.4, -0.2) is 67.5 Å². The van der Waals surface area contributed by atoms with Crippen LogP contribution in [0.4, 0.5) is 0 Å². The van der Waals surface area contributed by atoms with Crippen LogP contribution in [0.5, 0.6) is 17.2 Å². The number of benzene rings is 4. The SMILES string of the molecule is CC(C)(C)OC(=O)COc1ccc([S+](c2ccc(OCC(=O)OC(C)(C)C)cc2)c2ccc(OCC(=O)OC(C)(C)C)cc2)cc1.Cc1ccc(S(=O)(=O)[O-])cc1. The van der Waals surface area contributed by atoms with Gasteiger partial charge in [0.2, 0.25) is 0 Å². The van der Waals surface area contributed by atoms with Gasteiger partial charge in [-0.3, -0.25) is 0 Å². The van der Waals surface area contributed by atoms with E-state index in [1.807, 2.05) is 79.7 Å². The molecule has 0 aliphatic rings. The predicted octanol–water partition coefficient (Wildman–Crippen LogP) is 7.84. The molecule has 12 nitrogen and oxygen atoms in total. The Morgan fingerprint density at radius 2 is 0.754 bits per heavy atom. The van der Waals surface area contributed by atoms with Gasteiger partial charge in [-0.1, -0.05) is 17.7 Å². The summed E-state index contributed by atoms with van der Waals surface area (Å²) in [5.74, 6) is 0.276. The number of rotatable bonds is 13. The van der Waals surface area contributed by atoms with Gasteiger partial charge in [0, 0.05) is 0 Å². The molecule has 0 atom stereocenters. The molecule has 4 aromatic rings. The van der Waals surface area contributed by atoms with Crippen molar-refractivity contribution in [3.05, 3.63) is 103 Å². The molecule has 0 aromatic heterocycles. The molecule has 308 valence electrons. The fourth-order valence-corrected chi connectivity index (χ4v) is 7.18. The molecule has 14 heteroatoms. The molecule has 4 aromatic carbocycles. The molecule has 0 spiro atoms. The Hall–Kier alpha value is -5.05. The lowest BCUT2D eigenvalue weighted by molar-refractivity contribution is -0.158. The lowest BCUT2D eigenvalue weighted by Gasteiger charge is -2.19. The van der Waals surface area contributed by atoms with E-state index < -0.39 is 55.7 Å². The molecule has 0 aliphatic carbocycles. The fourth-order valence-electron chi connectivity index (χ4n) is 4.67. The highest BCUT2D eigenvalue weighted by molar-refractivity contribution is 7.97. The molecule has 0 saturated carbocycles. The lowest BCUT2D eigenvalue weighted by Crippen LogP contribution is -2.27. The Morgan fingerprint density at radius 1 is 0.491 bits per heavy atom. The quantitative estimate of drug-likeness (QED) is 0.0556. The van der Waals surface area contributed by atoms with E-state index in [2.05, 4.69) is 0 Å². The Bertz CT molecular complexity index is 1840. The van der Waals surface area contributed by atoms with Gasteiger partial charge < -0.3 is 33.0 Å². The van der Waals surface area contributed by atoms with Gasteiger partial charge >= 0.3 is 17.9 Å². The topological polar surface area (TPSA) is 164 Å². The van der Waals surface area contributed by atoms with Crippen LogP contribution < -0.4 is 14.2 Å². The predicted molar refractivity (Wildman–Crippen MR) is 215 cm³/mol. The minimum atomic E-state index is -4.27. The van der Waals surface area contributed by atoms with E-state index in [0.717, 1.165) is 20.2 Å². The van der Waals surface area contributed by atoms with E-state index in [-0.39, 0.29) is 24.7 Å². The number of carbonyl (C=O) groups is 3. The van der Waals surface area contributed by atoms with Crippen molar-refractivity contribution in [2.24, 2.45) is 0 Å². The van der Waals surface area contributed by atoms with Gasteiger partial charge in [0.25, 0.3) is 0 Å². The Balaban J connectivity index is 0.000000679. The van der Waals surface area contributed by atoms with Crippen molar-refractivity contribution in [3.63, 3.8) is 0 Å². The van der Waals surface area contributed by atoms with Crippen LogP contribution in [0.2, 0.25) is 0 Å². The van der Waals surface area contributed by atoms with Gasteiger partial charge in [0.15, 0.2) is 34.5 Å². The summed E-state index contributed by atoms with van der Waals surface area (Å²) in [7, 11) is -4.83. The molecule has 0 radical (unpaired) electrons. The normalized spacial score (nSPS) is 11.8. The molecular formula is C43H52O12S2. The highest BCUT2D eigenvalue weighted by atomic mass is 32.2. The van der Waals surface area contributed by atoms with Gasteiger partial charge in [-0.2, -0.15) is 0 Å². The Morgan fingerprint density at radius 3 is 0.982 bits per heavy atom. The minimum Gasteiger partial charge on any atom is -0.744 e. The van der Waals surface area contributed by atoms with Gasteiger partial charge in [-0.15, -0.1) is 0 Å². The highest BCUT2D eigenvalue weighted by Crippen LogP contribution is 2.34. The third-order valence-electron chi connectivity index (χ3n) is 6.82. The van der Waals surface area contributed by atoms with Crippen LogP contribution in [0.25, 0.3) is 0 Å². The maximum absolute atomic E-state index is 12.1. The van der Waals surface area contributed by atoms with E-state index in [0.29, 0.717) is 17.2 Å². The largest absolute Gasteiger partial charge is 0.744 e. The molecule has 0 aliphatic heterocycles. The summed E-state index contributed by atoms with van der Waals surface area (Å²) in [6.45, 7) is 17.5. The Labute approximate surface area is 338 Å². The van der Waals surface area contributed by atoms with Crippen molar-refractivity contribution in [2.75, 3.05) is 19.8 Å². The van der Waals surface area contributed by atoms with E-state index in [1.54, 1.807) is 74.4 Å². The lowest BCUT2D eigenvalue weighted by atomic mass is 10.2.